The molecule has 0 aliphatic carbocycles. The van der Waals surface area contributed by atoms with E-state index in [1.807, 2.05) is 0 Å². The Labute approximate surface area is 197 Å². The fourth-order valence-corrected chi connectivity index (χ4v) is 5.96. The molecule has 0 saturated carbocycles. The van der Waals surface area contributed by atoms with Gasteiger partial charge in [-0.1, -0.05) is 97.8 Å². The molecule has 0 radical (unpaired) electrons. The van der Waals surface area contributed by atoms with Crippen molar-refractivity contribution in [3.63, 3.8) is 0 Å². The van der Waals surface area contributed by atoms with Crippen molar-refractivity contribution in [2.45, 2.75) is 4.24 Å². The van der Waals surface area contributed by atoms with E-state index >= 15 is 0 Å². The Morgan fingerprint density at radius 2 is 1.11 bits per heavy atom. The van der Waals surface area contributed by atoms with E-state index in [0.717, 1.165) is 0 Å². The van der Waals surface area contributed by atoms with Gasteiger partial charge in [0, 0.05) is 0 Å². The van der Waals surface area contributed by atoms with Gasteiger partial charge in [-0.2, -0.15) is 8.78 Å². The van der Waals surface area contributed by atoms with Crippen LogP contribution in [0.2, 0.25) is 0 Å². The molecule has 0 heterocycles. The lowest BCUT2D eigenvalue weighted by Crippen LogP contribution is -2.53. The van der Waals surface area contributed by atoms with E-state index in [0.29, 0.717) is 0 Å². The molecule has 2 rings (SSSR count). The molecular weight excluding hydrogens is 722 g/mol. The van der Waals surface area contributed by atoms with Crippen molar-refractivity contribution in [3.8, 4) is 11.5 Å². The minimum atomic E-state index is -3.38. The van der Waals surface area contributed by atoms with Gasteiger partial charge >= 0.3 is 14.8 Å². The summed E-state index contributed by atoms with van der Waals surface area (Å²) in [5, 5.41) is 0. The van der Waals surface area contributed by atoms with Crippen molar-refractivity contribution < 1.29 is 29.5 Å². The normalized spacial score (nSPS) is 12.1. The molecule has 0 saturated heterocycles. The SMILES string of the molecule is Fc1c(F)c(F)c([O][Al]([O]c2ccccc2)[C](Br)(Br)C(Br)(Br)Br)c(F)c1F. The topological polar surface area (TPSA) is 18.5 Å². The largest absolute Gasteiger partial charge is 0.891 e. The molecule has 2 nitrogen and oxygen atoms in total. The predicted octanol–water partition coefficient (Wildman–Crippen LogP) is 7.19. The minimum Gasteiger partial charge on any atom is -0.611 e. The van der Waals surface area contributed by atoms with E-state index in [1.165, 1.54) is 12.1 Å². The first-order valence-corrected chi connectivity index (χ1v) is 12.2. The van der Waals surface area contributed by atoms with Crippen LogP contribution in [-0.2, 0) is 0 Å². The number of para-hydroxylation sites is 1. The van der Waals surface area contributed by atoms with Crippen LogP contribution in [0.1, 0.15) is 0 Å². The molecule has 0 amide bonds. The van der Waals surface area contributed by atoms with E-state index in [1.54, 1.807) is 18.2 Å². The van der Waals surface area contributed by atoms with Crippen molar-refractivity contribution >= 4 is 94.5 Å². The van der Waals surface area contributed by atoms with E-state index in [-0.39, 0.29) is 5.75 Å². The molecule has 0 fully saturated rings. The zero-order chi connectivity index (χ0) is 20.6. The third-order valence-corrected chi connectivity index (χ3v) is 14.8. The number of hydrogen-bond donors (Lipinski definition) is 0. The van der Waals surface area contributed by atoms with Gasteiger partial charge in [0.2, 0.25) is 29.1 Å². The van der Waals surface area contributed by atoms with Crippen LogP contribution in [0.5, 0.6) is 11.5 Å². The Morgan fingerprint density at radius 3 is 1.56 bits per heavy atom. The maximum atomic E-state index is 14.0. The summed E-state index contributed by atoms with van der Waals surface area (Å²) in [7, 11) is 0. The van der Waals surface area contributed by atoms with Gasteiger partial charge in [-0.25, -0.2) is 13.2 Å². The third kappa shape index (κ3) is 5.22. The van der Waals surface area contributed by atoms with E-state index in [9.17, 15) is 22.0 Å². The zero-order valence-electron chi connectivity index (χ0n) is 12.6. The molecule has 0 spiro atoms. The number of alkyl halides is 5. The molecule has 0 bridgehead atoms. The van der Waals surface area contributed by atoms with Gasteiger partial charge in [-0.3, -0.25) is 0 Å². The molecule has 0 unspecified atom stereocenters. The fourth-order valence-electron chi connectivity index (χ4n) is 1.72. The second kappa shape index (κ2) is 9.18. The van der Waals surface area contributed by atoms with Crippen molar-refractivity contribution in [2.24, 2.45) is 0 Å². The van der Waals surface area contributed by atoms with Gasteiger partial charge < -0.3 is 7.58 Å². The van der Waals surface area contributed by atoms with Crippen LogP contribution in [0.3, 0.4) is 0 Å². The Kier molecular flexibility index (Phi) is 8.13. The van der Waals surface area contributed by atoms with Gasteiger partial charge in [0.15, 0.2) is 9.99 Å². The first-order valence-electron chi connectivity index (χ1n) is 6.72. The Balaban J connectivity index is 2.53. The van der Waals surface area contributed by atoms with E-state index in [2.05, 4.69) is 79.6 Å². The van der Waals surface area contributed by atoms with Gasteiger partial charge in [-0.05, 0) is 12.1 Å². The summed E-state index contributed by atoms with van der Waals surface area (Å²) < 4.78 is 76.7. The first kappa shape index (κ1) is 23.9. The Morgan fingerprint density at radius 1 is 0.667 bits per heavy atom. The monoisotopic (exact) mass is 722 g/mol. The lowest BCUT2D eigenvalue weighted by molar-refractivity contribution is 0.329. The molecule has 146 valence electrons. The predicted molar refractivity (Wildman–Crippen MR) is 110 cm³/mol. The highest BCUT2D eigenvalue weighted by molar-refractivity contribution is 9.41. The quantitative estimate of drug-likeness (QED) is 0.107. The highest BCUT2D eigenvalue weighted by atomic mass is 80.0. The summed E-state index contributed by atoms with van der Waals surface area (Å²) in [6.07, 6.45) is 0. The van der Waals surface area contributed by atoms with Gasteiger partial charge in [0.1, 0.15) is 0 Å². The summed E-state index contributed by atoms with van der Waals surface area (Å²) in [5.74, 6) is -11.9. The van der Waals surface area contributed by atoms with Crippen LogP contribution in [0.15, 0.2) is 30.3 Å². The average Bonchev–Trinajstić information content (AvgIpc) is 2.60. The van der Waals surface area contributed by atoms with Crippen LogP contribution in [0, 0.1) is 29.1 Å². The van der Waals surface area contributed by atoms with Crippen molar-refractivity contribution in [2.75, 3.05) is 0 Å². The van der Waals surface area contributed by atoms with Gasteiger partial charge in [-0.15, -0.1) is 0 Å². The number of hydrogen-bond acceptors (Lipinski definition) is 2. The second-order valence-corrected chi connectivity index (χ2v) is 18.9. The van der Waals surface area contributed by atoms with Crippen LogP contribution in [-0.4, -0.2) is 19.1 Å². The summed E-state index contributed by atoms with van der Waals surface area (Å²) in [4.78, 5) is 0. The highest BCUT2D eigenvalue weighted by Crippen LogP contribution is 2.54. The van der Waals surface area contributed by atoms with Crippen LogP contribution in [0.4, 0.5) is 22.0 Å². The maximum Gasteiger partial charge on any atom is 0.891 e. The van der Waals surface area contributed by atoms with Crippen LogP contribution in [0.25, 0.3) is 0 Å². The summed E-state index contributed by atoms with van der Waals surface area (Å²) in [6.45, 7) is 0. The molecule has 0 aromatic heterocycles. The molecule has 0 aliphatic heterocycles. The van der Waals surface area contributed by atoms with Crippen molar-refractivity contribution in [3.05, 3.63) is 59.4 Å². The summed E-state index contributed by atoms with van der Waals surface area (Å²) in [6, 6.07) is 8.04. The standard InChI is InChI=1S/C6HF5O.C6H6O.C2Br5.Al/c7-1-2(8)4(10)6(12)5(11)3(1)9;7-6-4-2-1-3-5-6;3-1(4)2(5,6)7;/h12H;1-5,7H;;/q;;;+2/p-2. The van der Waals surface area contributed by atoms with E-state index in [4.69, 9.17) is 7.58 Å². The molecule has 0 atom stereocenters. The Bertz CT molecular complexity index is 806. The molecule has 2 aromatic rings. The zero-order valence-corrected chi connectivity index (χ0v) is 21.6. The molecule has 0 aliphatic rings. The van der Waals surface area contributed by atoms with Crippen LogP contribution < -0.4 is 7.58 Å². The lowest BCUT2D eigenvalue weighted by atomic mass is 10.3. The van der Waals surface area contributed by atoms with Gasteiger partial charge in [0.25, 0.3) is 0 Å². The van der Waals surface area contributed by atoms with Crippen LogP contribution >= 0.6 is 79.6 Å². The molecule has 27 heavy (non-hydrogen) atoms. The molecule has 2 aromatic carbocycles. The number of benzene rings is 2. The number of halogens is 10. The summed E-state index contributed by atoms with van der Waals surface area (Å²) in [5.41, 5.74) is 0. The number of rotatable bonds is 5. The second-order valence-electron chi connectivity index (χ2n) is 4.90. The molecular formula is C14H5AlBr5F5O2. The smallest absolute Gasteiger partial charge is 0.611 e. The lowest BCUT2D eigenvalue weighted by Gasteiger charge is -2.32. The first-order chi connectivity index (χ1) is 12.4. The summed E-state index contributed by atoms with van der Waals surface area (Å²) >= 11 is 12.8. The van der Waals surface area contributed by atoms with E-state index < -0.39 is 53.9 Å². The molecule has 0 N–H and O–H groups in total. The average molecular weight is 727 g/mol. The Hall–Kier alpha value is 0.622. The minimum absolute atomic E-state index is 0.262. The van der Waals surface area contributed by atoms with Crippen molar-refractivity contribution in [1.29, 1.82) is 0 Å². The highest BCUT2D eigenvalue weighted by Gasteiger charge is 2.64. The molecule has 13 heteroatoms. The fraction of sp³-hybridized carbons (Fsp3) is 0.143. The van der Waals surface area contributed by atoms with Gasteiger partial charge in [0.05, 0.1) is 5.75 Å². The maximum absolute atomic E-state index is 14.0. The van der Waals surface area contributed by atoms with Crippen molar-refractivity contribution in [1.82, 2.24) is 0 Å². The third-order valence-electron chi connectivity index (χ3n) is 3.05.